The van der Waals surface area contributed by atoms with Gasteiger partial charge in [-0.05, 0) is 12.1 Å². The molecule has 0 saturated carbocycles. The number of rotatable bonds is 2. The largest absolute Gasteiger partial charge is 0.308 e. The normalized spacial score (nSPS) is 10.4. The third-order valence-corrected chi connectivity index (χ3v) is 1.23. The predicted octanol–water partition coefficient (Wildman–Crippen LogP) is 1.44. The Labute approximate surface area is 66.4 Å². The number of hydrogen-bond acceptors (Lipinski definition) is 3. The van der Waals surface area contributed by atoms with Crippen LogP contribution < -0.4 is 11.3 Å². The molecule has 12 heavy (non-hydrogen) atoms. The highest BCUT2D eigenvalue weighted by atomic mass is 19.3. The number of halogens is 3. The highest BCUT2D eigenvalue weighted by Crippen LogP contribution is 2.20. The van der Waals surface area contributed by atoms with Crippen LogP contribution in [0.4, 0.5) is 19.0 Å². The van der Waals surface area contributed by atoms with E-state index in [4.69, 9.17) is 5.84 Å². The maximum atomic E-state index is 12.5. The van der Waals surface area contributed by atoms with Gasteiger partial charge in [-0.25, -0.2) is 24.0 Å². The number of nitrogen functional groups attached to an aromatic ring is 1. The van der Waals surface area contributed by atoms with E-state index in [2.05, 4.69) is 4.98 Å². The Morgan fingerprint density at radius 2 is 2.08 bits per heavy atom. The van der Waals surface area contributed by atoms with Crippen LogP contribution in [0.2, 0.25) is 0 Å². The van der Waals surface area contributed by atoms with Gasteiger partial charge in [0, 0.05) is 0 Å². The summed E-state index contributed by atoms with van der Waals surface area (Å²) in [4.78, 5) is 3.23. The summed E-state index contributed by atoms with van der Waals surface area (Å²) in [6.45, 7) is 0. The third kappa shape index (κ3) is 1.65. The summed E-state index contributed by atoms with van der Waals surface area (Å²) < 4.78 is 36.5. The van der Waals surface area contributed by atoms with Gasteiger partial charge in [0.1, 0.15) is 11.5 Å². The summed E-state index contributed by atoms with van der Waals surface area (Å²) in [5, 5.41) is 0. The van der Waals surface area contributed by atoms with Crippen LogP contribution in [0.3, 0.4) is 0 Å². The van der Waals surface area contributed by atoms with E-state index < -0.39 is 17.9 Å². The second-order valence-corrected chi connectivity index (χ2v) is 2.01. The number of alkyl halides is 2. The van der Waals surface area contributed by atoms with Crippen molar-refractivity contribution in [1.82, 2.24) is 4.98 Å². The molecule has 1 aromatic heterocycles. The fourth-order valence-electron chi connectivity index (χ4n) is 0.691. The molecule has 66 valence electrons. The molecule has 1 aromatic rings. The van der Waals surface area contributed by atoms with Gasteiger partial charge >= 0.3 is 0 Å². The molecule has 0 aliphatic rings. The van der Waals surface area contributed by atoms with Crippen molar-refractivity contribution in [3.8, 4) is 0 Å². The molecule has 0 aromatic carbocycles. The zero-order valence-electron chi connectivity index (χ0n) is 5.89. The van der Waals surface area contributed by atoms with Crippen molar-refractivity contribution in [1.29, 1.82) is 0 Å². The Kier molecular flexibility index (Phi) is 2.49. The topological polar surface area (TPSA) is 50.9 Å². The molecule has 0 amide bonds. The van der Waals surface area contributed by atoms with Gasteiger partial charge in [-0.15, -0.1) is 0 Å². The molecule has 3 nitrogen and oxygen atoms in total. The third-order valence-electron chi connectivity index (χ3n) is 1.23. The Hall–Kier alpha value is -1.30. The van der Waals surface area contributed by atoms with E-state index in [1.54, 1.807) is 0 Å². The molecular weight excluding hydrogens is 171 g/mol. The summed E-state index contributed by atoms with van der Waals surface area (Å²) in [6.07, 6.45) is -2.93. The summed E-state index contributed by atoms with van der Waals surface area (Å²) in [6, 6.07) is 2.05. The fourth-order valence-corrected chi connectivity index (χ4v) is 0.691. The summed E-state index contributed by atoms with van der Waals surface area (Å²) >= 11 is 0. The molecule has 0 saturated heterocycles. The number of aromatic nitrogens is 1. The minimum absolute atomic E-state index is 0.00620. The Bertz CT molecular complexity index is 277. The average molecular weight is 177 g/mol. The Balaban J connectivity index is 3.08. The van der Waals surface area contributed by atoms with Gasteiger partial charge in [0.05, 0.1) is 0 Å². The van der Waals surface area contributed by atoms with Crippen LogP contribution in [0, 0.1) is 5.82 Å². The zero-order chi connectivity index (χ0) is 9.14. The first-order valence-electron chi connectivity index (χ1n) is 3.06. The number of hydrogen-bond donors (Lipinski definition) is 2. The van der Waals surface area contributed by atoms with E-state index in [1.165, 1.54) is 6.07 Å². The standard InChI is InChI=1S/C6H6F3N3/c7-3-1-2-4(12-10)11-5(3)6(8)9/h1-2,6H,10H2,(H,11,12). The maximum absolute atomic E-state index is 12.5. The number of anilines is 1. The number of nitrogens with one attached hydrogen (secondary N) is 1. The van der Waals surface area contributed by atoms with Gasteiger partial charge in [-0.3, -0.25) is 0 Å². The zero-order valence-corrected chi connectivity index (χ0v) is 5.89. The number of nitrogens with two attached hydrogens (primary N) is 1. The lowest BCUT2D eigenvalue weighted by Gasteiger charge is -2.03. The van der Waals surface area contributed by atoms with Crippen LogP contribution in [0.5, 0.6) is 0 Å². The minimum atomic E-state index is -2.93. The first-order valence-corrected chi connectivity index (χ1v) is 3.06. The van der Waals surface area contributed by atoms with Crippen LogP contribution >= 0.6 is 0 Å². The van der Waals surface area contributed by atoms with Crippen LogP contribution in [0.1, 0.15) is 12.1 Å². The smallest absolute Gasteiger partial charge is 0.283 e. The van der Waals surface area contributed by atoms with Crippen molar-refractivity contribution < 1.29 is 13.2 Å². The van der Waals surface area contributed by atoms with Crippen LogP contribution in [0.25, 0.3) is 0 Å². The van der Waals surface area contributed by atoms with E-state index in [-0.39, 0.29) is 5.82 Å². The Morgan fingerprint density at radius 3 is 2.58 bits per heavy atom. The van der Waals surface area contributed by atoms with E-state index in [0.717, 1.165) is 6.07 Å². The quantitative estimate of drug-likeness (QED) is 0.531. The number of pyridine rings is 1. The van der Waals surface area contributed by atoms with Gasteiger partial charge in [-0.2, -0.15) is 0 Å². The molecule has 0 fully saturated rings. The van der Waals surface area contributed by atoms with Crippen LogP contribution in [-0.4, -0.2) is 4.98 Å². The molecule has 0 aliphatic heterocycles. The maximum Gasteiger partial charge on any atom is 0.283 e. The summed E-state index contributed by atoms with van der Waals surface area (Å²) in [7, 11) is 0. The lowest BCUT2D eigenvalue weighted by atomic mass is 10.3. The second-order valence-electron chi connectivity index (χ2n) is 2.01. The van der Waals surface area contributed by atoms with Crippen molar-refractivity contribution in [3.05, 3.63) is 23.6 Å². The molecule has 3 N–H and O–H groups in total. The molecule has 0 aliphatic carbocycles. The highest BCUT2D eigenvalue weighted by molar-refractivity contribution is 5.34. The van der Waals surface area contributed by atoms with Crippen molar-refractivity contribution in [2.45, 2.75) is 6.43 Å². The van der Waals surface area contributed by atoms with Crippen molar-refractivity contribution in [2.75, 3.05) is 5.43 Å². The molecule has 0 spiro atoms. The lowest BCUT2D eigenvalue weighted by Crippen LogP contribution is -2.10. The van der Waals surface area contributed by atoms with E-state index in [9.17, 15) is 13.2 Å². The van der Waals surface area contributed by atoms with Gasteiger partial charge in [0.15, 0.2) is 5.82 Å². The van der Waals surface area contributed by atoms with Crippen molar-refractivity contribution in [2.24, 2.45) is 5.84 Å². The van der Waals surface area contributed by atoms with Crippen molar-refractivity contribution in [3.63, 3.8) is 0 Å². The van der Waals surface area contributed by atoms with Crippen LogP contribution in [-0.2, 0) is 0 Å². The van der Waals surface area contributed by atoms with E-state index in [1.807, 2.05) is 5.43 Å². The van der Waals surface area contributed by atoms with E-state index >= 15 is 0 Å². The average Bonchev–Trinajstić information content (AvgIpc) is 2.05. The van der Waals surface area contributed by atoms with Crippen LogP contribution in [0.15, 0.2) is 12.1 Å². The molecule has 1 heterocycles. The molecule has 0 atom stereocenters. The monoisotopic (exact) mass is 177 g/mol. The lowest BCUT2D eigenvalue weighted by molar-refractivity contribution is 0.141. The van der Waals surface area contributed by atoms with E-state index in [0.29, 0.717) is 0 Å². The highest BCUT2D eigenvalue weighted by Gasteiger charge is 2.15. The molecular formula is C6H6F3N3. The molecule has 0 bridgehead atoms. The molecule has 6 heteroatoms. The molecule has 0 radical (unpaired) electrons. The Morgan fingerprint density at radius 1 is 1.42 bits per heavy atom. The van der Waals surface area contributed by atoms with Gasteiger partial charge < -0.3 is 5.43 Å². The summed E-state index contributed by atoms with van der Waals surface area (Å²) in [5.74, 6) is 3.86. The number of hydrazine groups is 1. The van der Waals surface area contributed by atoms with Gasteiger partial charge in [-0.1, -0.05) is 0 Å². The molecule has 1 rings (SSSR count). The number of nitrogens with zero attached hydrogens (tertiary/aromatic N) is 1. The van der Waals surface area contributed by atoms with Gasteiger partial charge in [0.2, 0.25) is 0 Å². The predicted molar refractivity (Wildman–Crippen MR) is 37.0 cm³/mol. The minimum Gasteiger partial charge on any atom is -0.308 e. The first-order chi connectivity index (χ1) is 5.65. The molecule has 0 unspecified atom stereocenters. The first kappa shape index (κ1) is 8.79. The summed E-state index contributed by atoms with van der Waals surface area (Å²) in [5.41, 5.74) is 1.14. The fraction of sp³-hybridized carbons (Fsp3) is 0.167. The SMILES string of the molecule is NNc1ccc(F)c(C(F)F)n1. The van der Waals surface area contributed by atoms with Crippen molar-refractivity contribution >= 4 is 5.82 Å². The van der Waals surface area contributed by atoms with Gasteiger partial charge in [0.25, 0.3) is 6.43 Å². The second kappa shape index (κ2) is 3.40.